The Morgan fingerprint density at radius 3 is 2.24 bits per heavy atom. The molecule has 0 aliphatic heterocycles. The molecule has 0 unspecified atom stereocenters. The van der Waals surface area contributed by atoms with Gasteiger partial charge in [-0.3, -0.25) is 4.79 Å². The van der Waals surface area contributed by atoms with E-state index in [1.807, 2.05) is 18.2 Å². The molecule has 0 amide bonds. The number of hydrogen-bond acceptors (Lipinski definition) is 5. The molecule has 0 radical (unpaired) electrons. The maximum atomic E-state index is 11.9. The molecule has 1 fully saturated rings. The first-order valence-corrected chi connectivity index (χ1v) is 13.4. The molecule has 1 saturated carbocycles. The highest BCUT2D eigenvalue weighted by molar-refractivity contribution is 6.74. The number of esters is 1. The number of carbonyl (C=O) groups excluding carboxylic acids is 1. The highest BCUT2D eigenvalue weighted by Crippen LogP contribution is 2.41. The van der Waals surface area contributed by atoms with Gasteiger partial charge in [0.15, 0.2) is 8.32 Å². The lowest BCUT2D eigenvalue weighted by molar-refractivity contribution is -0.154. The molecule has 0 bridgehead atoms. The second kappa shape index (κ2) is 10.2. The van der Waals surface area contributed by atoms with E-state index in [1.54, 1.807) is 7.11 Å². The zero-order valence-corrected chi connectivity index (χ0v) is 20.1. The van der Waals surface area contributed by atoms with Crippen LogP contribution in [0.5, 0.6) is 0 Å². The summed E-state index contributed by atoms with van der Waals surface area (Å²) in [5, 5.41) is 0.0921. The van der Waals surface area contributed by atoms with Gasteiger partial charge in [-0.05, 0) is 42.5 Å². The average molecular weight is 423 g/mol. The van der Waals surface area contributed by atoms with Crippen LogP contribution >= 0.6 is 0 Å². The molecule has 0 heterocycles. The summed E-state index contributed by atoms with van der Waals surface area (Å²) in [6, 6.07) is 10.2. The molecule has 1 aromatic carbocycles. The van der Waals surface area contributed by atoms with Crippen molar-refractivity contribution >= 4 is 14.3 Å². The zero-order chi connectivity index (χ0) is 21.7. The molecule has 0 spiro atoms. The summed E-state index contributed by atoms with van der Waals surface area (Å²) in [5.41, 5.74) is 1.13. The topological polar surface area (TPSA) is 54.0 Å². The first-order chi connectivity index (χ1) is 13.6. The van der Waals surface area contributed by atoms with Gasteiger partial charge in [0, 0.05) is 13.5 Å². The molecule has 164 valence electrons. The van der Waals surface area contributed by atoms with Crippen LogP contribution in [0.4, 0.5) is 0 Å². The predicted octanol–water partition coefficient (Wildman–Crippen LogP) is 4.95. The van der Waals surface area contributed by atoms with Crippen LogP contribution in [-0.2, 0) is 30.0 Å². The number of benzene rings is 1. The first kappa shape index (κ1) is 24.1. The van der Waals surface area contributed by atoms with Gasteiger partial charge in [-0.15, -0.1) is 0 Å². The fraction of sp³-hybridized carbons (Fsp3) is 0.696. The second-order valence-electron chi connectivity index (χ2n) is 9.57. The number of hydrogen-bond donors (Lipinski definition) is 0. The molecule has 2 rings (SSSR count). The van der Waals surface area contributed by atoms with Gasteiger partial charge in [-0.2, -0.15) is 0 Å². The van der Waals surface area contributed by atoms with Crippen LogP contribution in [0.1, 0.15) is 45.6 Å². The summed E-state index contributed by atoms with van der Waals surface area (Å²) in [7, 11) is 1.14. The molecule has 5 nitrogen and oxygen atoms in total. The van der Waals surface area contributed by atoms with Crippen molar-refractivity contribution in [3.05, 3.63) is 35.9 Å². The van der Waals surface area contributed by atoms with E-state index in [9.17, 15) is 4.79 Å². The third-order valence-corrected chi connectivity index (χ3v) is 10.9. The van der Waals surface area contributed by atoms with Crippen molar-refractivity contribution in [3.8, 4) is 0 Å². The minimum Gasteiger partial charge on any atom is -0.469 e. The van der Waals surface area contributed by atoms with Crippen molar-refractivity contribution in [2.45, 2.75) is 83.1 Å². The Balaban J connectivity index is 2.21. The van der Waals surface area contributed by atoms with E-state index < -0.39 is 8.32 Å². The number of carbonyl (C=O) groups is 1. The largest absolute Gasteiger partial charge is 0.469 e. The molecular formula is C23H38O5Si. The summed E-state index contributed by atoms with van der Waals surface area (Å²) in [5.74, 6) is -0.0154. The predicted molar refractivity (Wildman–Crippen MR) is 117 cm³/mol. The molecule has 1 aromatic rings. The Hall–Kier alpha value is -1.21. The smallest absolute Gasteiger partial charge is 0.305 e. The normalized spacial score (nSPS) is 25.6. The van der Waals surface area contributed by atoms with Gasteiger partial charge in [-0.1, -0.05) is 51.1 Å². The molecule has 0 aromatic heterocycles. The van der Waals surface area contributed by atoms with Crippen molar-refractivity contribution in [2.24, 2.45) is 5.92 Å². The van der Waals surface area contributed by atoms with Crippen LogP contribution in [0.25, 0.3) is 0 Å². The lowest BCUT2D eigenvalue weighted by Gasteiger charge is -2.46. The fourth-order valence-electron chi connectivity index (χ4n) is 3.63. The number of methoxy groups -OCH3 is 2. The third kappa shape index (κ3) is 6.64. The Morgan fingerprint density at radius 1 is 1.07 bits per heavy atom. The minimum atomic E-state index is -2.01. The van der Waals surface area contributed by atoms with Crippen LogP contribution in [0.15, 0.2) is 30.3 Å². The van der Waals surface area contributed by atoms with Gasteiger partial charge in [0.05, 0.1) is 25.9 Å². The maximum absolute atomic E-state index is 11.9. The van der Waals surface area contributed by atoms with Crippen LogP contribution in [0.2, 0.25) is 18.1 Å². The van der Waals surface area contributed by atoms with E-state index in [0.717, 1.165) is 18.4 Å². The van der Waals surface area contributed by atoms with Gasteiger partial charge in [0.2, 0.25) is 0 Å². The molecule has 0 saturated heterocycles. The van der Waals surface area contributed by atoms with Crippen LogP contribution in [0, 0.1) is 5.92 Å². The molecule has 6 heteroatoms. The van der Waals surface area contributed by atoms with Crippen LogP contribution < -0.4 is 0 Å². The average Bonchev–Trinajstić information content (AvgIpc) is 2.66. The highest BCUT2D eigenvalue weighted by atomic mass is 28.4. The van der Waals surface area contributed by atoms with Gasteiger partial charge in [-0.25, -0.2) is 0 Å². The SMILES string of the molecule is COC(=O)C[C@@H]1C[C@@H](OC)[C@H](OCc2ccccc2)[C@H](O[Si](C)(C)C(C)(C)C)C1. The van der Waals surface area contributed by atoms with Gasteiger partial charge < -0.3 is 18.6 Å². The molecule has 4 atom stereocenters. The third-order valence-electron chi connectivity index (χ3n) is 6.39. The van der Waals surface area contributed by atoms with Gasteiger partial charge in [0.25, 0.3) is 0 Å². The standard InChI is InChI=1S/C23H38O5Si/c1-23(2,3)29(6,7)28-20-14-18(15-21(24)26-5)13-19(25-4)22(20)27-16-17-11-9-8-10-12-17/h8-12,18-20,22H,13-16H2,1-7H3/t18-,19-,20-,22+/m1/s1. The lowest BCUT2D eigenvalue weighted by Crippen LogP contribution is -2.54. The first-order valence-electron chi connectivity index (χ1n) is 10.5. The van der Waals surface area contributed by atoms with Crippen molar-refractivity contribution in [1.29, 1.82) is 0 Å². The van der Waals surface area contributed by atoms with E-state index in [1.165, 1.54) is 7.11 Å². The molecule has 1 aliphatic carbocycles. The Bertz CT molecular complexity index is 640. The summed E-state index contributed by atoms with van der Waals surface area (Å²) >= 11 is 0. The van der Waals surface area contributed by atoms with Gasteiger partial charge in [0.1, 0.15) is 6.10 Å². The fourth-order valence-corrected chi connectivity index (χ4v) is 4.97. The molecule has 0 N–H and O–H groups in total. The Morgan fingerprint density at radius 2 is 1.69 bits per heavy atom. The second-order valence-corrected chi connectivity index (χ2v) is 14.3. The summed E-state index contributed by atoms with van der Waals surface area (Å²) in [4.78, 5) is 11.9. The summed E-state index contributed by atoms with van der Waals surface area (Å²) in [6.45, 7) is 11.7. The monoisotopic (exact) mass is 422 g/mol. The minimum absolute atomic E-state index is 0.0921. The zero-order valence-electron chi connectivity index (χ0n) is 19.1. The Kier molecular flexibility index (Phi) is 8.46. The lowest BCUT2D eigenvalue weighted by atomic mass is 9.81. The quantitative estimate of drug-likeness (QED) is 0.438. The molecule has 29 heavy (non-hydrogen) atoms. The van der Waals surface area contributed by atoms with E-state index in [0.29, 0.717) is 13.0 Å². The highest BCUT2D eigenvalue weighted by Gasteiger charge is 2.46. The van der Waals surface area contributed by atoms with E-state index in [4.69, 9.17) is 18.6 Å². The van der Waals surface area contributed by atoms with Crippen molar-refractivity contribution < 1.29 is 23.4 Å². The summed E-state index contributed by atoms with van der Waals surface area (Å²) in [6.07, 6.45) is 1.55. The molecular weight excluding hydrogens is 384 g/mol. The molecule has 1 aliphatic rings. The van der Waals surface area contributed by atoms with E-state index in [2.05, 4.69) is 46.0 Å². The number of rotatable bonds is 8. The Labute approximate surface area is 177 Å². The van der Waals surface area contributed by atoms with Crippen molar-refractivity contribution in [1.82, 2.24) is 0 Å². The van der Waals surface area contributed by atoms with E-state index in [-0.39, 0.29) is 35.2 Å². The van der Waals surface area contributed by atoms with Crippen molar-refractivity contribution in [2.75, 3.05) is 14.2 Å². The maximum Gasteiger partial charge on any atom is 0.305 e. The van der Waals surface area contributed by atoms with Crippen LogP contribution in [0.3, 0.4) is 0 Å². The van der Waals surface area contributed by atoms with Crippen molar-refractivity contribution in [3.63, 3.8) is 0 Å². The van der Waals surface area contributed by atoms with Crippen LogP contribution in [-0.4, -0.2) is 46.8 Å². The van der Waals surface area contributed by atoms with E-state index >= 15 is 0 Å². The van der Waals surface area contributed by atoms with Gasteiger partial charge >= 0.3 is 5.97 Å². The summed E-state index contributed by atoms with van der Waals surface area (Å²) < 4.78 is 23.9. The number of ether oxygens (including phenoxy) is 3.